The third-order valence-electron chi connectivity index (χ3n) is 5.21. The third kappa shape index (κ3) is 3.78. The predicted octanol–water partition coefficient (Wildman–Crippen LogP) is 4.69. The van der Waals surface area contributed by atoms with Crippen LogP contribution in [-0.4, -0.2) is 28.4 Å². The molecule has 0 aliphatic carbocycles. The fraction of sp³-hybridized carbons (Fsp3) is 0.167. The van der Waals surface area contributed by atoms with Crippen LogP contribution in [0.4, 0.5) is 11.4 Å². The molecule has 0 saturated carbocycles. The highest BCUT2D eigenvalue weighted by molar-refractivity contribution is 7.99. The zero-order chi connectivity index (χ0) is 20.3. The molecule has 0 atom stereocenters. The van der Waals surface area contributed by atoms with E-state index in [2.05, 4.69) is 63.7 Å². The van der Waals surface area contributed by atoms with Crippen LogP contribution < -0.4 is 10.2 Å². The zero-order valence-electron chi connectivity index (χ0n) is 16.5. The standard InChI is InChI=1S/C24H22N4OS/c29-24(25-14-12-18-17-27-15-6-5-11-23(27)26-18)13-16-28-19-7-1-3-9-21(19)30-22-10-4-2-8-20(22)28/h1-11,15,17H,12-14,16H2,(H,25,29). The zero-order valence-corrected chi connectivity index (χ0v) is 17.3. The number of aromatic nitrogens is 2. The number of rotatable bonds is 6. The molecule has 1 aliphatic rings. The molecule has 1 aliphatic heterocycles. The van der Waals surface area contributed by atoms with Crippen molar-refractivity contribution in [3.05, 3.63) is 84.8 Å². The Bertz CT molecular complexity index is 1120. The average molecular weight is 415 g/mol. The summed E-state index contributed by atoms with van der Waals surface area (Å²) >= 11 is 1.78. The van der Waals surface area contributed by atoms with Gasteiger partial charge in [0.1, 0.15) is 5.65 Å². The average Bonchev–Trinajstić information content (AvgIpc) is 3.19. The van der Waals surface area contributed by atoms with Gasteiger partial charge in [-0.15, -0.1) is 0 Å². The van der Waals surface area contributed by atoms with E-state index < -0.39 is 0 Å². The van der Waals surface area contributed by atoms with Crippen molar-refractivity contribution in [2.45, 2.75) is 22.6 Å². The van der Waals surface area contributed by atoms with Gasteiger partial charge in [-0.25, -0.2) is 4.98 Å². The molecule has 3 heterocycles. The highest BCUT2D eigenvalue weighted by Crippen LogP contribution is 2.47. The van der Waals surface area contributed by atoms with Gasteiger partial charge in [-0.05, 0) is 36.4 Å². The Morgan fingerprint density at radius 1 is 0.933 bits per heavy atom. The number of amides is 1. The summed E-state index contributed by atoms with van der Waals surface area (Å²) in [4.78, 5) is 21.8. The lowest BCUT2D eigenvalue weighted by Crippen LogP contribution is -2.30. The second-order valence-corrected chi connectivity index (χ2v) is 8.32. The Morgan fingerprint density at radius 2 is 1.63 bits per heavy atom. The maximum atomic E-state index is 12.5. The van der Waals surface area contributed by atoms with Crippen LogP contribution in [0.3, 0.4) is 0 Å². The summed E-state index contributed by atoms with van der Waals surface area (Å²) in [6.07, 6.45) is 5.16. The SMILES string of the molecule is O=C(CCN1c2ccccc2Sc2ccccc21)NCCc1cn2ccccc2n1. The number of nitrogens with one attached hydrogen (secondary N) is 1. The molecular weight excluding hydrogens is 392 g/mol. The van der Waals surface area contributed by atoms with Crippen molar-refractivity contribution in [3.63, 3.8) is 0 Å². The van der Waals surface area contributed by atoms with E-state index in [1.807, 2.05) is 35.0 Å². The van der Waals surface area contributed by atoms with E-state index in [0.29, 0.717) is 19.5 Å². The van der Waals surface area contributed by atoms with Crippen LogP contribution in [0.2, 0.25) is 0 Å². The van der Waals surface area contributed by atoms with E-state index in [9.17, 15) is 4.79 Å². The second-order valence-electron chi connectivity index (χ2n) is 7.24. The van der Waals surface area contributed by atoms with Crippen molar-refractivity contribution in [1.82, 2.24) is 14.7 Å². The summed E-state index contributed by atoms with van der Waals surface area (Å²) in [5.74, 6) is 0.0620. The van der Waals surface area contributed by atoms with Gasteiger partial charge in [-0.3, -0.25) is 4.79 Å². The second kappa shape index (κ2) is 8.24. The van der Waals surface area contributed by atoms with Crippen molar-refractivity contribution in [2.75, 3.05) is 18.0 Å². The minimum absolute atomic E-state index is 0.0620. The van der Waals surface area contributed by atoms with Gasteiger partial charge in [0.2, 0.25) is 5.91 Å². The summed E-state index contributed by atoms with van der Waals surface area (Å²) in [6.45, 7) is 1.24. The van der Waals surface area contributed by atoms with Crippen molar-refractivity contribution in [3.8, 4) is 0 Å². The van der Waals surface area contributed by atoms with Crippen molar-refractivity contribution in [1.29, 1.82) is 0 Å². The normalized spacial score (nSPS) is 12.5. The minimum Gasteiger partial charge on any atom is -0.356 e. The number of anilines is 2. The smallest absolute Gasteiger partial charge is 0.221 e. The fourth-order valence-corrected chi connectivity index (χ4v) is 4.86. The van der Waals surface area contributed by atoms with Gasteiger partial charge in [0.15, 0.2) is 0 Å². The maximum absolute atomic E-state index is 12.5. The molecule has 2 aromatic carbocycles. The topological polar surface area (TPSA) is 49.6 Å². The minimum atomic E-state index is 0.0620. The van der Waals surface area contributed by atoms with Crippen molar-refractivity contribution in [2.24, 2.45) is 0 Å². The number of hydrogen-bond acceptors (Lipinski definition) is 4. The van der Waals surface area contributed by atoms with Crippen LogP contribution in [0, 0.1) is 0 Å². The van der Waals surface area contributed by atoms with Crippen LogP contribution in [0.5, 0.6) is 0 Å². The van der Waals surface area contributed by atoms with Gasteiger partial charge in [-0.1, -0.05) is 42.1 Å². The van der Waals surface area contributed by atoms with Gasteiger partial charge in [0, 0.05) is 48.1 Å². The van der Waals surface area contributed by atoms with Gasteiger partial charge >= 0.3 is 0 Å². The molecule has 0 unspecified atom stereocenters. The first-order chi connectivity index (χ1) is 14.8. The van der Waals surface area contributed by atoms with Gasteiger partial charge in [0.05, 0.1) is 17.1 Å². The van der Waals surface area contributed by atoms with E-state index in [0.717, 1.165) is 17.8 Å². The number of nitrogens with zero attached hydrogens (tertiary/aromatic N) is 3. The number of fused-ring (bicyclic) bond motifs is 3. The van der Waals surface area contributed by atoms with Crippen molar-refractivity contribution >= 4 is 34.7 Å². The first-order valence-corrected chi connectivity index (χ1v) is 10.9. The van der Waals surface area contributed by atoms with Gasteiger partial charge in [0.25, 0.3) is 0 Å². The van der Waals surface area contributed by atoms with Crippen LogP contribution in [0.15, 0.2) is 88.9 Å². The molecule has 0 radical (unpaired) electrons. The van der Waals surface area contributed by atoms with E-state index in [1.165, 1.54) is 21.2 Å². The first kappa shape index (κ1) is 18.8. The van der Waals surface area contributed by atoms with Crippen LogP contribution in [0.1, 0.15) is 12.1 Å². The summed E-state index contributed by atoms with van der Waals surface area (Å²) in [5.41, 5.74) is 4.24. The summed E-state index contributed by atoms with van der Waals surface area (Å²) in [7, 11) is 0. The molecule has 0 saturated heterocycles. The molecule has 0 fully saturated rings. The molecule has 30 heavy (non-hydrogen) atoms. The molecule has 1 amide bonds. The van der Waals surface area contributed by atoms with Crippen molar-refractivity contribution < 1.29 is 4.79 Å². The molecule has 0 spiro atoms. The molecular formula is C24H22N4OS. The van der Waals surface area contributed by atoms with Crippen LogP contribution in [-0.2, 0) is 11.2 Å². The number of carbonyl (C=O) groups excluding carboxylic acids is 1. The Hall–Kier alpha value is -3.25. The highest BCUT2D eigenvalue weighted by atomic mass is 32.2. The highest BCUT2D eigenvalue weighted by Gasteiger charge is 2.23. The Labute approximate surface area is 179 Å². The largest absolute Gasteiger partial charge is 0.356 e. The van der Waals surface area contributed by atoms with E-state index in [-0.39, 0.29) is 5.91 Å². The summed E-state index contributed by atoms with van der Waals surface area (Å²) in [6, 6.07) is 22.7. The van der Waals surface area contributed by atoms with Crippen LogP contribution >= 0.6 is 11.8 Å². The maximum Gasteiger partial charge on any atom is 0.221 e. The number of imidazole rings is 1. The molecule has 1 N–H and O–H groups in total. The van der Waals surface area contributed by atoms with E-state index in [1.54, 1.807) is 11.8 Å². The predicted molar refractivity (Wildman–Crippen MR) is 121 cm³/mol. The molecule has 4 aromatic rings. The number of benzene rings is 2. The lowest BCUT2D eigenvalue weighted by atomic mass is 10.2. The first-order valence-electron chi connectivity index (χ1n) is 10.1. The van der Waals surface area contributed by atoms with E-state index in [4.69, 9.17) is 0 Å². The molecule has 0 bridgehead atoms. The molecule has 5 rings (SSSR count). The molecule has 6 heteroatoms. The third-order valence-corrected chi connectivity index (χ3v) is 6.34. The Balaban J connectivity index is 1.20. The summed E-state index contributed by atoms with van der Waals surface area (Å²) < 4.78 is 2.00. The monoisotopic (exact) mass is 414 g/mol. The molecule has 150 valence electrons. The molecule has 2 aromatic heterocycles. The summed E-state index contributed by atoms with van der Waals surface area (Å²) in [5, 5.41) is 3.04. The molecule has 5 nitrogen and oxygen atoms in total. The number of para-hydroxylation sites is 2. The number of hydrogen-bond donors (Lipinski definition) is 1. The number of carbonyl (C=O) groups is 1. The lowest BCUT2D eigenvalue weighted by Gasteiger charge is -2.32. The van der Waals surface area contributed by atoms with Crippen LogP contribution in [0.25, 0.3) is 5.65 Å². The Kier molecular flexibility index (Phi) is 5.15. The van der Waals surface area contributed by atoms with E-state index >= 15 is 0 Å². The fourth-order valence-electron chi connectivity index (χ4n) is 3.76. The quantitative estimate of drug-likeness (QED) is 0.497. The number of pyridine rings is 1. The van der Waals surface area contributed by atoms with Gasteiger partial charge < -0.3 is 14.6 Å². The Morgan fingerprint density at radius 3 is 2.37 bits per heavy atom. The van der Waals surface area contributed by atoms with Gasteiger partial charge in [-0.2, -0.15) is 0 Å². The lowest BCUT2D eigenvalue weighted by molar-refractivity contribution is -0.120.